The van der Waals surface area contributed by atoms with Crippen molar-refractivity contribution in [2.24, 2.45) is 5.73 Å². The Hall–Kier alpha value is -2.47. The minimum absolute atomic E-state index is 0.288. The van der Waals surface area contributed by atoms with Gasteiger partial charge in [-0.2, -0.15) is 0 Å². The Kier molecular flexibility index (Phi) is 5.22. The summed E-state index contributed by atoms with van der Waals surface area (Å²) in [5.41, 5.74) is 7.51. The normalized spacial score (nSPS) is 13.4. The molecule has 6 heteroatoms. The lowest BCUT2D eigenvalue weighted by atomic mass is 10.1. The number of H-pyrrole nitrogens is 1. The monoisotopic (exact) mass is 285 g/mol. The Morgan fingerprint density at radius 2 is 2.10 bits per heavy atom. The summed E-state index contributed by atoms with van der Waals surface area (Å²) in [5.74, 6) is -0.372. The summed E-state index contributed by atoms with van der Waals surface area (Å²) in [6, 6.07) is 8.03. The molecular formula is C15H17N4O2. The molecule has 21 heavy (non-hydrogen) atoms. The van der Waals surface area contributed by atoms with Crippen molar-refractivity contribution in [1.82, 2.24) is 15.3 Å². The van der Waals surface area contributed by atoms with Crippen LogP contribution in [-0.2, 0) is 22.4 Å². The Labute approximate surface area is 122 Å². The maximum absolute atomic E-state index is 12.0. The molecule has 1 radical (unpaired) electrons. The Morgan fingerprint density at radius 3 is 2.71 bits per heavy atom. The first-order valence-corrected chi connectivity index (χ1v) is 6.64. The molecule has 0 aliphatic heterocycles. The number of imidazole rings is 1. The molecule has 1 heterocycles. The van der Waals surface area contributed by atoms with Crippen LogP contribution >= 0.6 is 0 Å². The lowest BCUT2D eigenvalue weighted by Crippen LogP contribution is -2.47. The zero-order chi connectivity index (χ0) is 15.1. The smallest absolute Gasteiger partial charge is 0.237 e. The van der Waals surface area contributed by atoms with Crippen molar-refractivity contribution in [2.45, 2.75) is 24.9 Å². The van der Waals surface area contributed by atoms with Crippen molar-refractivity contribution < 1.29 is 9.59 Å². The molecule has 0 bridgehead atoms. The van der Waals surface area contributed by atoms with Crippen molar-refractivity contribution in [3.8, 4) is 0 Å². The van der Waals surface area contributed by atoms with E-state index < -0.39 is 12.1 Å². The van der Waals surface area contributed by atoms with Crippen molar-refractivity contribution >= 4 is 12.2 Å². The van der Waals surface area contributed by atoms with Crippen LogP contribution in [0.15, 0.2) is 42.9 Å². The van der Waals surface area contributed by atoms with E-state index in [-0.39, 0.29) is 12.3 Å². The molecule has 1 aromatic carbocycles. The van der Waals surface area contributed by atoms with Gasteiger partial charge in [-0.25, -0.2) is 4.98 Å². The number of nitrogens with one attached hydrogen (secondary N) is 2. The van der Waals surface area contributed by atoms with Gasteiger partial charge in [-0.1, -0.05) is 30.3 Å². The van der Waals surface area contributed by atoms with Crippen LogP contribution in [0.4, 0.5) is 0 Å². The molecule has 0 saturated heterocycles. The summed E-state index contributed by atoms with van der Waals surface area (Å²) in [6.07, 6.45) is 5.69. The zero-order valence-corrected chi connectivity index (χ0v) is 11.5. The number of rotatable bonds is 7. The van der Waals surface area contributed by atoms with Gasteiger partial charge in [-0.3, -0.25) is 9.59 Å². The molecule has 2 aromatic rings. The van der Waals surface area contributed by atoms with E-state index in [1.165, 1.54) is 6.33 Å². The Morgan fingerprint density at radius 1 is 1.33 bits per heavy atom. The Bertz CT molecular complexity index is 569. The minimum atomic E-state index is -0.748. The third kappa shape index (κ3) is 4.54. The second-order valence-electron chi connectivity index (χ2n) is 4.74. The summed E-state index contributed by atoms with van der Waals surface area (Å²) in [6.45, 7) is 0. The Balaban J connectivity index is 1.88. The first kappa shape index (κ1) is 14.9. The SMILES string of the molecule is NC(Cc1ccccc1)C(=O)N[C@@H]([C]=O)Cc1c[nH]cn1. The average molecular weight is 285 g/mol. The summed E-state index contributed by atoms with van der Waals surface area (Å²) < 4.78 is 0. The molecule has 0 fully saturated rings. The number of carbonyl (C=O) groups is 1. The van der Waals surface area contributed by atoms with E-state index in [2.05, 4.69) is 15.3 Å². The van der Waals surface area contributed by atoms with Crippen LogP contribution in [-0.4, -0.2) is 34.2 Å². The predicted molar refractivity (Wildman–Crippen MR) is 78.0 cm³/mol. The van der Waals surface area contributed by atoms with Gasteiger partial charge in [0.1, 0.15) is 6.04 Å². The van der Waals surface area contributed by atoms with Crippen molar-refractivity contribution in [2.75, 3.05) is 0 Å². The van der Waals surface area contributed by atoms with Crippen LogP contribution in [0.1, 0.15) is 11.3 Å². The zero-order valence-electron chi connectivity index (χ0n) is 11.5. The highest BCUT2D eigenvalue weighted by molar-refractivity contribution is 5.84. The lowest BCUT2D eigenvalue weighted by Gasteiger charge is -2.15. The van der Waals surface area contributed by atoms with E-state index >= 15 is 0 Å². The minimum Gasteiger partial charge on any atom is -0.351 e. The second-order valence-corrected chi connectivity index (χ2v) is 4.74. The molecule has 4 N–H and O–H groups in total. The highest BCUT2D eigenvalue weighted by Crippen LogP contribution is 2.03. The van der Waals surface area contributed by atoms with Gasteiger partial charge in [0.2, 0.25) is 12.2 Å². The number of aromatic amines is 1. The molecule has 2 atom stereocenters. The first-order chi connectivity index (χ1) is 10.2. The van der Waals surface area contributed by atoms with E-state index in [9.17, 15) is 9.59 Å². The molecule has 6 nitrogen and oxygen atoms in total. The molecule has 2 rings (SSSR count). The quantitative estimate of drug-likeness (QED) is 0.672. The molecule has 0 spiro atoms. The first-order valence-electron chi connectivity index (χ1n) is 6.64. The summed E-state index contributed by atoms with van der Waals surface area (Å²) in [7, 11) is 0. The van der Waals surface area contributed by atoms with Crippen molar-refractivity contribution in [3.63, 3.8) is 0 Å². The van der Waals surface area contributed by atoms with Crippen LogP contribution in [0.3, 0.4) is 0 Å². The van der Waals surface area contributed by atoms with Gasteiger partial charge in [0.05, 0.1) is 18.1 Å². The van der Waals surface area contributed by atoms with E-state index in [4.69, 9.17) is 5.73 Å². The second kappa shape index (κ2) is 7.35. The standard InChI is InChI=1S/C15H17N4O2/c16-14(6-11-4-2-1-3-5-11)15(21)19-13(9-20)7-12-8-17-10-18-12/h1-5,8,10,13-14H,6-7,16H2,(H,17,18)(H,19,21)/t13-,14?/m1/s1. The van der Waals surface area contributed by atoms with Crippen molar-refractivity contribution in [1.29, 1.82) is 0 Å². The number of carbonyl (C=O) groups excluding carboxylic acids is 2. The fourth-order valence-electron chi connectivity index (χ4n) is 1.97. The molecular weight excluding hydrogens is 268 g/mol. The van der Waals surface area contributed by atoms with Gasteiger partial charge in [0.15, 0.2) is 0 Å². The average Bonchev–Trinajstić information content (AvgIpc) is 3.00. The van der Waals surface area contributed by atoms with Crippen LogP contribution in [0.25, 0.3) is 0 Å². The van der Waals surface area contributed by atoms with E-state index in [0.717, 1.165) is 5.56 Å². The van der Waals surface area contributed by atoms with E-state index in [0.29, 0.717) is 12.1 Å². The molecule has 1 aromatic heterocycles. The third-order valence-electron chi connectivity index (χ3n) is 3.06. The molecule has 0 aliphatic carbocycles. The maximum atomic E-state index is 12.0. The number of hydrogen-bond donors (Lipinski definition) is 3. The molecule has 109 valence electrons. The molecule has 0 saturated carbocycles. The van der Waals surface area contributed by atoms with Gasteiger partial charge in [0.25, 0.3) is 0 Å². The van der Waals surface area contributed by atoms with Crippen molar-refractivity contribution in [3.05, 3.63) is 54.1 Å². The number of benzene rings is 1. The number of nitrogens with two attached hydrogens (primary N) is 1. The van der Waals surface area contributed by atoms with Crippen LogP contribution in [0, 0.1) is 0 Å². The van der Waals surface area contributed by atoms with E-state index in [1.54, 1.807) is 12.5 Å². The van der Waals surface area contributed by atoms with Crippen LogP contribution in [0.2, 0.25) is 0 Å². The summed E-state index contributed by atoms with van der Waals surface area (Å²) in [5, 5.41) is 2.58. The lowest BCUT2D eigenvalue weighted by molar-refractivity contribution is -0.122. The fourth-order valence-corrected chi connectivity index (χ4v) is 1.97. The van der Waals surface area contributed by atoms with Gasteiger partial charge in [0, 0.05) is 12.6 Å². The maximum Gasteiger partial charge on any atom is 0.237 e. The number of aromatic nitrogens is 2. The third-order valence-corrected chi connectivity index (χ3v) is 3.06. The molecule has 1 amide bonds. The number of nitrogens with zero attached hydrogens (tertiary/aromatic N) is 1. The number of hydrogen-bond acceptors (Lipinski definition) is 4. The van der Waals surface area contributed by atoms with Gasteiger partial charge < -0.3 is 16.0 Å². The summed E-state index contributed by atoms with van der Waals surface area (Å²) in [4.78, 5) is 29.7. The topological polar surface area (TPSA) is 101 Å². The van der Waals surface area contributed by atoms with Gasteiger partial charge >= 0.3 is 0 Å². The van der Waals surface area contributed by atoms with Gasteiger partial charge in [-0.15, -0.1) is 0 Å². The van der Waals surface area contributed by atoms with Crippen LogP contribution in [0.5, 0.6) is 0 Å². The van der Waals surface area contributed by atoms with Gasteiger partial charge in [-0.05, 0) is 12.0 Å². The van der Waals surface area contributed by atoms with Crippen LogP contribution < -0.4 is 11.1 Å². The highest BCUT2D eigenvalue weighted by Gasteiger charge is 2.19. The number of amides is 1. The summed E-state index contributed by atoms with van der Waals surface area (Å²) >= 11 is 0. The fraction of sp³-hybridized carbons (Fsp3) is 0.267. The largest absolute Gasteiger partial charge is 0.351 e. The molecule has 0 aliphatic rings. The highest BCUT2D eigenvalue weighted by atomic mass is 16.2. The predicted octanol–water partition coefficient (Wildman–Crippen LogP) is 0.117. The molecule has 1 unspecified atom stereocenters. The van der Waals surface area contributed by atoms with E-state index in [1.807, 2.05) is 30.3 Å².